The standard InChI is InChI=1S/C27H27NO3/c1-18-7-11-21(12-8-18)29-17-27-26(30-22-13-9-19(2)10-14-22)16-25(31-27)24-15-20-5-3-4-6-23(20)28-24/h3-15,25-28H,16-17H2,1-2H3/t25-,26-,27+/m0/s1. The van der Waals surface area contributed by atoms with E-state index in [1.807, 2.05) is 30.3 Å². The van der Waals surface area contributed by atoms with Crippen LogP contribution in [0.5, 0.6) is 11.5 Å². The number of aromatic amines is 1. The maximum absolute atomic E-state index is 6.45. The summed E-state index contributed by atoms with van der Waals surface area (Å²) in [7, 11) is 0. The van der Waals surface area contributed by atoms with Gasteiger partial charge in [-0.2, -0.15) is 0 Å². The summed E-state index contributed by atoms with van der Waals surface area (Å²) in [6.07, 6.45) is 0.445. The van der Waals surface area contributed by atoms with Gasteiger partial charge in [-0.15, -0.1) is 0 Å². The lowest BCUT2D eigenvalue weighted by atomic mass is 10.1. The Bertz CT molecular complexity index is 1110. The summed E-state index contributed by atoms with van der Waals surface area (Å²) in [6.45, 7) is 4.59. The third-order valence-electron chi connectivity index (χ3n) is 5.84. The number of hydrogen-bond acceptors (Lipinski definition) is 3. The van der Waals surface area contributed by atoms with E-state index in [9.17, 15) is 0 Å². The lowest BCUT2D eigenvalue weighted by Gasteiger charge is -2.20. The first-order chi connectivity index (χ1) is 15.1. The Labute approximate surface area is 182 Å². The number of benzene rings is 3. The van der Waals surface area contributed by atoms with Gasteiger partial charge in [0, 0.05) is 17.6 Å². The second kappa shape index (κ2) is 8.48. The van der Waals surface area contributed by atoms with Crippen LogP contribution in [0.1, 0.15) is 29.3 Å². The quantitative estimate of drug-likeness (QED) is 0.413. The molecule has 4 nitrogen and oxygen atoms in total. The van der Waals surface area contributed by atoms with E-state index in [-0.39, 0.29) is 18.3 Å². The molecule has 0 unspecified atom stereocenters. The monoisotopic (exact) mass is 413 g/mol. The molecule has 3 atom stereocenters. The minimum Gasteiger partial charge on any atom is -0.491 e. The molecule has 4 aromatic rings. The molecule has 1 N–H and O–H groups in total. The van der Waals surface area contributed by atoms with Crippen LogP contribution in [0.3, 0.4) is 0 Å². The maximum atomic E-state index is 6.45. The zero-order chi connectivity index (χ0) is 21.2. The highest BCUT2D eigenvalue weighted by molar-refractivity contribution is 5.80. The minimum atomic E-state index is -0.168. The predicted molar refractivity (Wildman–Crippen MR) is 123 cm³/mol. The van der Waals surface area contributed by atoms with E-state index in [0.29, 0.717) is 6.61 Å². The first kappa shape index (κ1) is 19.7. The Hall–Kier alpha value is -3.24. The molecule has 1 fully saturated rings. The number of ether oxygens (including phenoxy) is 3. The van der Waals surface area contributed by atoms with Gasteiger partial charge in [-0.25, -0.2) is 0 Å². The van der Waals surface area contributed by atoms with Crippen molar-refractivity contribution in [2.75, 3.05) is 6.61 Å². The molecule has 0 radical (unpaired) electrons. The van der Waals surface area contributed by atoms with Crippen molar-refractivity contribution >= 4 is 10.9 Å². The Morgan fingerprint density at radius 2 is 1.55 bits per heavy atom. The molecule has 31 heavy (non-hydrogen) atoms. The van der Waals surface area contributed by atoms with Crippen molar-refractivity contribution in [1.82, 2.24) is 4.98 Å². The molecule has 1 aromatic heterocycles. The minimum absolute atomic E-state index is 0.0607. The fraction of sp³-hybridized carbons (Fsp3) is 0.259. The van der Waals surface area contributed by atoms with Gasteiger partial charge in [0.05, 0.1) is 0 Å². The average Bonchev–Trinajstić information content (AvgIpc) is 3.39. The molecule has 158 valence electrons. The van der Waals surface area contributed by atoms with Gasteiger partial charge >= 0.3 is 0 Å². The zero-order valence-electron chi connectivity index (χ0n) is 17.9. The van der Waals surface area contributed by atoms with E-state index in [2.05, 4.69) is 67.4 Å². The van der Waals surface area contributed by atoms with E-state index >= 15 is 0 Å². The fourth-order valence-electron chi connectivity index (χ4n) is 4.06. The summed E-state index contributed by atoms with van der Waals surface area (Å²) in [5, 5.41) is 1.19. The normalized spacial score (nSPS) is 20.8. The maximum Gasteiger partial charge on any atom is 0.131 e. The summed E-state index contributed by atoms with van der Waals surface area (Å²) in [6, 6.07) is 26.7. The second-order valence-electron chi connectivity index (χ2n) is 8.30. The lowest BCUT2D eigenvalue weighted by molar-refractivity contribution is -0.0117. The van der Waals surface area contributed by atoms with Gasteiger partial charge in [-0.05, 0) is 55.6 Å². The van der Waals surface area contributed by atoms with Crippen molar-refractivity contribution in [3.05, 3.63) is 95.7 Å². The summed E-state index contributed by atoms with van der Waals surface area (Å²) in [5.74, 6) is 1.70. The first-order valence-corrected chi connectivity index (χ1v) is 10.8. The van der Waals surface area contributed by atoms with Crippen LogP contribution in [0, 0.1) is 13.8 Å². The van der Waals surface area contributed by atoms with Crippen molar-refractivity contribution in [3.63, 3.8) is 0 Å². The molecule has 4 heteroatoms. The van der Waals surface area contributed by atoms with Crippen molar-refractivity contribution in [1.29, 1.82) is 0 Å². The number of rotatable bonds is 6. The highest BCUT2D eigenvalue weighted by atomic mass is 16.6. The van der Waals surface area contributed by atoms with E-state index < -0.39 is 0 Å². The summed E-state index contributed by atoms with van der Waals surface area (Å²) in [5.41, 5.74) is 4.63. The lowest BCUT2D eigenvalue weighted by Crippen LogP contribution is -2.32. The molecular weight excluding hydrogens is 386 g/mol. The number of para-hydroxylation sites is 1. The number of hydrogen-bond donors (Lipinski definition) is 1. The van der Waals surface area contributed by atoms with Crippen LogP contribution < -0.4 is 9.47 Å². The smallest absolute Gasteiger partial charge is 0.131 e. The predicted octanol–water partition coefficient (Wildman–Crippen LogP) is 6.14. The Kier molecular flexibility index (Phi) is 5.39. The average molecular weight is 414 g/mol. The molecule has 1 aliphatic rings. The Morgan fingerprint density at radius 1 is 0.871 bits per heavy atom. The van der Waals surface area contributed by atoms with Crippen LogP contribution in [0.2, 0.25) is 0 Å². The summed E-state index contributed by atoms with van der Waals surface area (Å²) in [4.78, 5) is 3.51. The van der Waals surface area contributed by atoms with Gasteiger partial charge in [-0.1, -0.05) is 53.6 Å². The third kappa shape index (κ3) is 4.44. The third-order valence-corrected chi connectivity index (χ3v) is 5.84. The molecule has 1 aliphatic heterocycles. The van der Waals surface area contributed by atoms with Crippen molar-refractivity contribution in [2.45, 2.75) is 38.6 Å². The van der Waals surface area contributed by atoms with Crippen LogP contribution in [-0.2, 0) is 4.74 Å². The number of aromatic nitrogens is 1. The van der Waals surface area contributed by atoms with E-state index in [0.717, 1.165) is 29.1 Å². The topological polar surface area (TPSA) is 43.5 Å². The van der Waals surface area contributed by atoms with Gasteiger partial charge in [0.2, 0.25) is 0 Å². The molecular formula is C27H27NO3. The van der Waals surface area contributed by atoms with Gasteiger partial charge in [0.1, 0.15) is 36.4 Å². The van der Waals surface area contributed by atoms with Gasteiger partial charge < -0.3 is 19.2 Å². The summed E-state index contributed by atoms with van der Waals surface area (Å²) < 4.78 is 18.9. The second-order valence-corrected chi connectivity index (χ2v) is 8.30. The van der Waals surface area contributed by atoms with Crippen LogP contribution in [-0.4, -0.2) is 23.8 Å². The molecule has 1 saturated heterocycles. The van der Waals surface area contributed by atoms with Crippen molar-refractivity contribution in [3.8, 4) is 11.5 Å². The number of nitrogens with one attached hydrogen (secondary N) is 1. The highest BCUT2D eigenvalue weighted by Gasteiger charge is 2.39. The van der Waals surface area contributed by atoms with Gasteiger partial charge in [0.15, 0.2) is 0 Å². The van der Waals surface area contributed by atoms with E-state index in [4.69, 9.17) is 14.2 Å². The van der Waals surface area contributed by atoms with Crippen LogP contribution >= 0.6 is 0 Å². The number of fused-ring (bicyclic) bond motifs is 1. The number of H-pyrrole nitrogens is 1. The Morgan fingerprint density at radius 3 is 2.26 bits per heavy atom. The van der Waals surface area contributed by atoms with Crippen LogP contribution in [0.15, 0.2) is 78.9 Å². The fourth-order valence-corrected chi connectivity index (χ4v) is 4.06. The van der Waals surface area contributed by atoms with Crippen LogP contribution in [0.4, 0.5) is 0 Å². The number of aryl methyl sites for hydroxylation is 2. The zero-order valence-corrected chi connectivity index (χ0v) is 17.9. The van der Waals surface area contributed by atoms with Gasteiger partial charge in [-0.3, -0.25) is 0 Å². The SMILES string of the molecule is Cc1ccc(OC[C@H]2O[C@H](c3cc4ccccc4[nH]3)C[C@@H]2Oc2ccc(C)cc2)cc1. The highest BCUT2D eigenvalue weighted by Crippen LogP contribution is 2.36. The van der Waals surface area contributed by atoms with E-state index in [1.54, 1.807) is 0 Å². The molecule has 0 aliphatic carbocycles. The molecule has 0 bridgehead atoms. The molecule has 2 heterocycles. The first-order valence-electron chi connectivity index (χ1n) is 10.8. The molecule has 3 aromatic carbocycles. The van der Waals surface area contributed by atoms with E-state index in [1.165, 1.54) is 16.5 Å². The van der Waals surface area contributed by atoms with Crippen LogP contribution in [0.25, 0.3) is 10.9 Å². The Balaban J connectivity index is 1.35. The molecule has 0 amide bonds. The van der Waals surface area contributed by atoms with Crippen molar-refractivity contribution < 1.29 is 14.2 Å². The van der Waals surface area contributed by atoms with Gasteiger partial charge in [0.25, 0.3) is 0 Å². The molecule has 5 rings (SSSR count). The largest absolute Gasteiger partial charge is 0.491 e. The molecule has 0 spiro atoms. The molecule has 0 saturated carbocycles. The van der Waals surface area contributed by atoms with Crippen molar-refractivity contribution in [2.24, 2.45) is 0 Å². The summed E-state index contributed by atoms with van der Waals surface area (Å²) >= 11 is 0.